The smallest absolute Gasteiger partial charge is 0.245 e. The normalized spacial score (nSPS) is 22.5. The number of hydrogen-bond donors (Lipinski definition) is 1. The lowest BCUT2D eigenvalue weighted by molar-refractivity contribution is -0.140. The molecule has 39 heavy (non-hydrogen) atoms. The van der Waals surface area contributed by atoms with Crippen LogP contribution >= 0.6 is 0 Å². The molecule has 3 atom stereocenters. The molecule has 2 amide bonds. The van der Waals surface area contributed by atoms with E-state index in [1.165, 1.54) is 11.6 Å². The molecular weight excluding hydrogens is 499 g/mol. The maximum atomic E-state index is 14.5. The number of fused-ring (bicyclic) bond motifs is 2. The highest BCUT2D eigenvalue weighted by atomic mass is 19.1. The number of hydrogen-bond acceptors (Lipinski definition) is 6. The summed E-state index contributed by atoms with van der Waals surface area (Å²) in [5, 5.41) is 7.84. The second kappa shape index (κ2) is 9.66. The van der Waals surface area contributed by atoms with Crippen LogP contribution in [0.2, 0.25) is 0 Å². The molecule has 10 heteroatoms. The number of aromatic nitrogens is 4. The van der Waals surface area contributed by atoms with E-state index in [0.717, 1.165) is 30.4 Å². The Morgan fingerprint density at radius 2 is 1.82 bits per heavy atom. The van der Waals surface area contributed by atoms with Crippen molar-refractivity contribution >= 4 is 28.5 Å². The Morgan fingerprint density at radius 1 is 1.08 bits per heavy atom. The topological polar surface area (TPSA) is 110 Å². The third-order valence-corrected chi connectivity index (χ3v) is 8.21. The fourth-order valence-electron chi connectivity index (χ4n) is 5.70. The number of aryl methyl sites for hydroxylation is 1. The van der Waals surface area contributed by atoms with E-state index in [1.54, 1.807) is 24.2 Å². The highest BCUT2D eigenvalue weighted by Gasteiger charge is 2.56. The van der Waals surface area contributed by atoms with Crippen LogP contribution in [0.15, 0.2) is 42.0 Å². The zero-order valence-corrected chi connectivity index (χ0v) is 22.3. The van der Waals surface area contributed by atoms with E-state index in [-0.39, 0.29) is 48.2 Å². The van der Waals surface area contributed by atoms with Crippen LogP contribution in [0.25, 0.3) is 22.0 Å². The summed E-state index contributed by atoms with van der Waals surface area (Å²) >= 11 is 0. The van der Waals surface area contributed by atoms with Crippen molar-refractivity contribution in [1.29, 1.82) is 0 Å². The summed E-state index contributed by atoms with van der Waals surface area (Å²) in [6, 6.07) is 4.98. The number of Topliss-reactive ketones (excluding diaryl/α,β-unsaturated/α-hetero) is 1. The van der Waals surface area contributed by atoms with Gasteiger partial charge in [0.1, 0.15) is 29.9 Å². The molecule has 0 radical (unpaired) electrons. The van der Waals surface area contributed by atoms with Crippen molar-refractivity contribution < 1.29 is 18.8 Å². The van der Waals surface area contributed by atoms with Crippen molar-refractivity contribution in [3.05, 3.63) is 53.5 Å². The lowest BCUT2D eigenvalue weighted by Crippen LogP contribution is -2.49. The number of benzene rings is 1. The number of nitrogens with zero attached hydrogens (tertiary/aromatic N) is 5. The Balaban J connectivity index is 1.22. The largest absolute Gasteiger partial charge is 0.348 e. The standard InChI is InChI=1S/C29H31FN6O3/c1-15(18-4-5-18)23(30)13-33-29(39)26-10-20-9-25(20)36(26)27(38)14-35-24-7-6-19(21-11-31-17(3)32-12-21)8-22(24)28(34-35)16(2)37/h6-8,11-12,18,20,25-26H,4-5,9-10,13-14H2,1-3H3,(H,33,39)/t20-,25-,26+/m1/s1. The number of allylic oxidation sites excluding steroid dienone is 1. The highest BCUT2D eigenvalue weighted by molar-refractivity contribution is 6.06. The number of ketones is 1. The molecule has 0 bridgehead atoms. The molecule has 0 unspecified atom stereocenters. The predicted octanol–water partition coefficient (Wildman–Crippen LogP) is 3.76. The molecule has 1 saturated heterocycles. The van der Waals surface area contributed by atoms with Crippen LogP contribution in [0.1, 0.15) is 55.8 Å². The summed E-state index contributed by atoms with van der Waals surface area (Å²) in [5.41, 5.74) is 3.29. The Hall–Kier alpha value is -3.95. The molecular formula is C29H31FN6O3. The zero-order valence-electron chi connectivity index (χ0n) is 22.3. The van der Waals surface area contributed by atoms with Gasteiger partial charge in [0.15, 0.2) is 5.78 Å². The van der Waals surface area contributed by atoms with Crippen molar-refractivity contribution in [2.75, 3.05) is 6.54 Å². The molecule has 2 saturated carbocycles. The number of carbonyl (C=O) groups is 3. The molecule has 9 nitrogen and oxygen atoms in total. The van der Waals surface area contributed by atoms with E-state index < -0.39 is 6.04 Å². The van der Waals surface area contributed by atoms with Gasteiger partial charge >= 0.3 is 0 Å². The van der Waals surface area contributed by atoms with E-state index in [4.69, 9.17) is 0 Å². The SMILES string of the molecule is CC(=O)c1nn(CC(=O)N2[C@@H]3C[C@@H]3C[C@H]2C(=O)NCC(F)=C(C)C2CC2)c2ccc(-c3cnc(C)nc3)cc12. The highest BCUT2D eigenvalue weighted by Crippen LogP contribution is 2.48. The summed E-state index contributed by atoms with van der Waals surface area (Å²) in [6.07, 6.45) is 6.89. The molecule has 2 aromatic heterocycles. The summed E-state index contributed by atoms with van der Waals surface area (Å²) in [7, 11) is 0. The van der Waals surface area contributed by atoms with Crippen LogP contribution in [-0.2, 0) is 16.1 Å². The molecule has 3 aromatic rings. The first kappa shape index (κ1) is 25.3. The second-order valence-corrected chi connectivity index (χ2v) is 11.0. The van der Waals surface area contributed by atoms with Gasteiger partial charge in [-0.3, -0.25) is 19.1 Å². The fraction of sp³-hybridized carbons (Fsp3) is 0.448. The number of likely N-dealkylation sites (tertiary alicyclic amines) is 1. The van der Waals surface area contributed by atoms with Crippen LogP contribution < -0.4 is 5.32 Å². The van der Waals surface area contributed by atoms with Crippen LogP contribution in [-0.4, -0.2) is 60.9 Å². The number of halogens is 1. The van der Waals surface area contributed by atoms with E-state index in [0.29, 0.717) is 40.6 Å². The average molecular weight is 531 g/mol. The van der Waals surface area contributed by atoms with Crippen LogP contribution in [0, 0.1) is 18.8 Å². The Labute approximate surface area is 225 Å². The molecule has 202 valence electrons. The molecule has 1 N–H and O–H groups in total. The number of piperidine rings is 1. The third kappa shape index (κ3) is 4.84. The van der Waals surface area contributed by atoms with Gasteiger partial charge in [-0.25, -0.2) is 14.4 Å². The number of nitrogens with one attached hydrogen (secondary N) is 1. The molecule has 6 rings (SSSR count). The summed E-state index contributed by atoms with van der Waals surface area (Å²) in [6.45, 7) is 4.80. The van der Waals surface area contributed by atoms with Crippen molar-refractivity contribution in [2.45, 2.75) is 65.1 Å². The van der Waals surface area contributed by atoms with Gasteiger partial charge in [-0.15, -0.1) is 0 Å². The number of carbonyl (C=O) groups excluding carboxylic acids is 3. The van der Waals surface area contributed by atoms with E-state index in [1.807, 2.05) is 25.1 Å². The molecule has 0 spiro atoms. The van der Waals surface area contributed by atoms with E-state index >= 15 is 0 Å². The van der Waals surface area contributed by atoms with Crippen LogP contribution in [0.4, 0.5) is 4.39 Å². The molecule has 1 aromatic carbocycles. The van der Waals surface area contributed by atoms with Gasteiger partial charge < -0.3 is 10.2 Å². The van der Waals surface area contributed by atoms with E-state index in [2.05, 4.69) is 20.4 Å². The molecule has 2 aliphatic carbocycles. The van der Waals surface area contributed by atoms with Crippen LogP contribution in [0.5, 0.6) is 0 Å². The first-order valence-electron chi connectivity index (χ1n) is 13.5. The number of rotatable bonds is 8. The first-order valence-corrected chi connectivity index (χ1v) is 13.5. The Kier molecular flexibility index (Phi) is 6.28. The summed E-state index contributed by atoms with van der Waals surface area (Å²) in [5.74, 6) is 0.195. The van der Waals surface area contributed by atoms with Crippen molar-refractivity contribution in [1.82, 2.24) is 30.0 Å². The van der Waals surface area contributed by atoms with Crippen LogP contribution in [0.3, 0.4) is 0 Å². The van der Waals surface area contributed by atoms with Gasteiger partial charge in [-0.1, -0.05) is 6.07 Å². The maximum Gasteiger partial charge on any atom is 0.245 e. The summed E-state index contributed by atoms with van der Waals surface area (Å²) in [4.78, 5) is 49.2. The third-order valence-electron chi connectivity index (χ3n) is 8.21. The molecule has 3 fully saturated rings. The molecule has 1 aliphatic heterocycles. The zero-order chi connectivity index (χ0) is 27.4. The maximum absolute atomic E-state index is 14.5. The average Bonchev–Trinajstić information content (AvgIpc) is 3.85. The van der Waals surface area contributed by atoms with Crippen molar-refractivity contribution in [3.63, 3.8) is 0 Å². The molecule has 3 aliphatic rings. The van der Waals surface area contributed by atoms with Crippen molar-refractivity contribution in [3.8, 4) is 11.1 Å². The Bertz CT molecular complexity index is 1520. The first-order chi connectivity index (χ1) is 18.7. The second-order valence-electron chi connectivity index (χ2n) is 11.0. The monoisotopic (exact) mass is 530 g/mol. The predicted molar refractivity (Wildman–Crippen MR) is 142 cm³/mol. The molecule has 3 heterocycles. The van der Waals surface area contributed by atoms with E-state index in [9.17, 15) is 18.8 Å². The fourth-order valence-corrected chi connectivity index (χ4v) is 5.70. The lowest BCUT2D eigenvalue weighted by atomic mass is 10.0. The van der Waals surface area contributed by atoms with Gasteiger partial charge in [0.2, 0.25) is 11.8 Å². The Morgan fingerprint density at radius 3 is 2.51 bits per heavy atom. The summed E-state index contributed by atoms with van der Waals surface area (Å²) < 4.78 is 16.0. The quantitative estimate of drug-likeness (QED) is 0.444. The lowest BCUT2D eigenvalue weighted by Gasteiger charge is -2.27. The minimum atomic E-state index is -0.627. The van der Waals surface area contributed by atoms with Gasteiger partial charge in [0, 0.05) is 36.3 Å². The van der Waals surface area contributed by atoms with Gasteiger partial charge in [-0.2, -0.15) is 5.10 Å². The minimum Gasteiger partial charge on any atom is -0.348 e. The van der Waals surface area contributed by atoms with Gasteiger partial charge in [-0.05, 0) is 74.6 Å². The minimum absolute atomic E-state index is 0.0177. The van der Waals surface area contributed by atoms with Crippen molar-refractivity contribution in [2.24, 2.45) is 11.8 Å². The van der Waals surface area contributed by atoms with Gasteiger partial charge in [0.05, 0.1) is 12.1 Å². The van der Waals surface area contributed by atoms with Gasteiger partial charge in [0.25, 0.3) is 0 Å². The number of amides is 2.